The van der Waals surface area contributed by atoms with Crippen LogP contribution >= 0.6 is 0 Å². The van der Waals surface area contributed by atoms with Gasteiger partial charge in [-0.2, -0.15) is 0 Å². The van der Waals surface area contributed by atoms with Crippen LogP contribution in [0.5, 0.6) is 0 Å². The molecule has 4 aromatic rings. The molecule has 0 aliphatic carbocycles. The molecule has 0 saturated heterocycles. The average molecular weight is 372 g/mol. The molecule has 0 amide bonds. The van der Waals surface area contributed by atoms with E-state index in [0.717, 1.165) is 22.2 Å². The van der Waals surface area contributed by atoms with Gasteiger partial charge in [-0.15, -0.1) is 0 Å². The van der Waals surface area contributed by atoms with Crippen molar-refractivity contribution in [2.75, 3.05) is 6.61 Å². The second kappa shape index (κ2) is 7.13. The maximum absolute atomic E-state index is 12.5. The van der Waals surface area contributed by atoms with E-state index in [1.54, 1.807) is 0 Å². The van der Waals surface area contributed by atoms with Crippen molar-refractivity contribution < 1.29 is 9.53 Å². The monoisotopic (exact) mass is 372 g/mol. The normalized spacial score (nSPS) is 11.3. The van der Waals surface area contributed by atoms with Crippen LogP contribution in [-0.2, 0) is 18.3 Å². The van der Waals surface area contributed by atoms with Crippen LogP contribution in [0, 0.1) is 6.92 Å². The summed E-state index contributed by atoms with van der Waals surface area (Å²) in [5.74, 6) is -0.318. The van der Waals surface area contributed by atoms with Gasteiger partial charge in [0.05, 0.1) is 12.2 Å². The second-order valence-electron chi connectivity index (χ2n) is 7.07. The lowest BCUT2D eigenvalue weighted by Crippen LogP contribution is -2.12. The maximum Gasteiger partial charge on any atom is 0.340 e. The van der Waals surface area contributed by atoms with Crippen LogP contribution in [0.3, 0.4) is 0 Å². The smallest absolute Gasteiger partial charge is 0.340 e. The molecule has 0 saturated carbocycles. The molecule has 0 spiro atoms. The zero-order valence-corrected chi connectivity index (χ0v) is 16.5. The fourth-order valence-corrected chi connectivity index (χ4v) is 3.98. The van der Waals surface area contributed by atoms with Crippen LogP contribution in [0.4, 0.5) is 0 Å². The van der Waals surface area contributed by atoms with Gasteiger partial charge in [0.15, 0.2) is 0 Å². The SMILES string of the molecule is CCOC(=O)c1c(CN)n(C)c2cc(-c3cccc4cc(C)ccc34)ccc12. The van der Waals surface area contributed by atoms with E-state index in [1.165, 1.54) is 21.9 Å². The number of aromatic nitrogens is 1. The molecule has 0 aliphatic rings. The number of nitrogens with zero attached hydrogens (tertiary/aromatic N) is 1. The number of esters is 1. The average Bonchev–Trinajstić information content (AvgIpc) is 2.98. The number of hydrogen-bond donors (Lipinski definition) is 1. The molecule has 0 radical (unpaired) electrons. The van der Waals surface area contributed by atoms with E-state index in [-0.39, 0.29) is 12.5 Å². The number of benzene rings is 3. The molecule has 2 N–H and O–H groups in total. The van der Waals surface area contributed by atoms with E-state index >= 15 is 0 Å². The highest BCUT2D eigenvalue weighted by molar-refractivity contribution is 6.07. The van der Waals surface area contributed by atoms with Crippen molar-refractivity contribution in [2.45, 2.75) is 20.4 Å². The van der Waals surface area contributed by atoms with Gasteiger partial charge >= 0.3 is 5.97 Å². The summed E-state index contributed by atoms with van der Waals surface area (Å²) in [7, 11) is 1.95. The Bertz CT molecular complexity index is 1200. The molecule has 1 heterocycles. The molecular formula is C24H24N2O2. The predicted octanol–water partition coefficient (Wildman–Crippen LogP) is 4.94. The lowest BCUT2D eigenvalue weighted by Gasteiger charge is -2.09. The number of fused-ring (bicyclic) bond motifs is 2. The Balaban J connectivity index is 1.95. The Morgan fingerprint density at radius 1 is 1.07 bits per heavy atom. The van der Waals surface area contributed by atoms with Crippen LogP contribution in [0.25, 0.3) is 32.8 Å². The van der Waals surface area contributed by atoms with Gasteiger partial charge < -0.3 is 15.0 Å². The highest BCUT2D eigenvalue weighted by atomic mass is 16.5. The number of ether oxygens (including phenoxy) is 1. The van der Waals surface area contributed by atoms with Gasteiger partial charge in [-0.3, -0.25) is 0 Å². The molecule has 0 atom stereocenters. The van der Waals surface area contributed by atoms with Gasteiger partial charge in [-0.05, 0) is 41.8 Å². The second-order valence-corrected chi connectivity index (χ2v) is 7.07. The van der Waals surface area contributed by atoms with Crippen LogP contribution in [-0.4, -0.2) is 17.1 Å². The van der Waals surface area contributed by atoms with Crippen molar-refractivity contribution in [2.24, 2.45) is 12.8 Å². The molecule has 4 rings (SSSR count). The van der Waals surface area contributed by atoms with E-state index in [1.807, 2.05) is 24.6 Å². The number of aryl methyl sites for hydroxylation is 2. The van der Waals surface area contributed by atoms with Crippen LogP contribution in [0.15, 0.2) is 54.6 Å². The fourth-order valence-electron chi connectivity index (χ4n) is 3.98. The topological polar surface area (TPSA) is 57.2 Å². The minimum absolute atomic E-state index is 0.280. The molecule has 4 heteroatoms. The third-order valence-corrected chi connectivity index (χ3v) is 5.34. The molecular weight excluding hydrogens is 348 g/mol. The highest BCUT2D eigenvalue weighted by Gasteiger charge is 2.21. The predicted molar refractivity (Wildman–Crippen MR) is 114 cm³/mol. The maximum atomic E-state index is 12.5. The minimum Gasteiger partial charge on any atom is -0.462 e. The summed E-state index contributed by atoms with van der Waals surface area (Å²) >= 11 is 0. The summed E-state index contributed by atoms with van der Waals surface area (Å²) in [5.41, 5.74) is 11.8. The van der Waals surface area contributed by atoms with Crippen molar-refractivity contribution >= 4 is 27.6 Å². The molecule has 0 bridgehead atoms. The Kier molecular flexibility index (Phi) is 4.65. The lowest BCUT2D eigenvalue weighted by atomic mass is 9.96. The van der Waals surface area contributed by atoms with Gasteiger partial charge in [0.1, 0.15) is 0 Å². The largest absolute Gasteiger partial charge is 0.462 e. The first kappa shape index (κ1) is 18.3. The van der Waals surface area contributed by atoms with E-state index in [4.69, 9.17) is 10.5 Å². The number of nitrogens with two attached hydrogens (primary N) is 1. The number of rotatable bonds is 4. The molecule has 28 heavy (non-hydrogen) atoms. The van der Waals surface area contributed by atoms with E-state index in [9.17, 15) is 4.79 Å². The zero-order chi connectivity index (χ0) is 19.8. The first-order valence-corrected chi connectivity index (χ1v) is 9.53. The summed E-state index contributed by atoms with van der Waals surface area (Å²) in [6, 6.07) is 19.1. The number of hydrogen-bond acceptors (Lipinski definition) is 3. The number of carbonyl (C=O) groups excluding carboxylic acids is 1. The molecule has 1 aromatic heterocycles. The van der Waals surface area contributed by atoms with Crippen molar-refractivity contribution in [3.05, 3.63) is 71.4 Å². The van der Waals surface area contributed by atoms with Gasteiger partial charge in [-0.25, -0.2) is 4.79 Å². The van der Waals surface area contributed by atoms with Gasteiger partial charge in [0, 0.05) is 30.2 Å². The van der Waals surface area contributed by atoms with Crippen molar-refractivity contribution in [3.8, 4) is 11.1 Å². The van der Waals surface area contributed by atoms with E-state index in [2.05, 4.69) is 55.5 Å². The quantitative estimate of drug-likeness (QED) is 0.516. The molecule has 142 valence electrons. The van der Waals surface area contributed by atoms with Crippen LogP contribution in [0.2, 0.25) is 0 Å². The molecule has 4 nitrogen and oxygen atoms in total. The summed E-state index contributed by atoms with van der Waals surface area (Å²) < 4.78 is 7.27. The van der Waals surface area contributed by atoms with E-state index < -0.39 is 0 Å². The zero-order valence-electron chi connectivity index (χ0n) is 16.5. The third-order valence-electron chi connectivity index (χ3n) is 5.34. The lowest BCUT2D eigenvalue weighted by molar-refractivity contribution is 0.0527. The summed E-state index contributed by atoms with van der Waals surface area (Å²) in [6.45, 7) is 4.54. The van der Waals surface area contributed by atoms with Crippen molar-refractivity contribution in [3.63, 3.8) is 0 Å². The Morgan fingerprint density at radius 3 is 2.61 bits per heavy atom. The molecule has 0 aliphatic heterocycles. The first-order valence-electron chi connectivity index (χ1n) is 9.53. The Hall–Kier alpha value is -3.11. The van der Waals surface area contributed by atoms with Gasteiger partial charge in [-0.1, -0.05) is 54.1 Å². The minimum atomic E-state index is -0.318. The summed E-state index contributed by atoms with van der Waals surface area (Å²) in [5, 5.41) is 3.31. The summed E-state index contributed by atoms with van der Waals surface area (Å²) in [4.78, 5) is 12.5. The number of carbonyl (C=O) groups is 1. The van der Waals surface area contributed by atoms with Crippen molar-refractivity contribution in [1.82, 2.24) is 4.57 Å². The van der Waals surface area contributed by atoms with E-state index in [0.29, 0.717) is 12.2 Å². The molecule has 3 aromatic carbocycles. The fraction of sp³-hybridized carbons (Fsp3) is 0.208. The van der Waals surface area contributed by atoms with Crippen LogP contribution in [0.1, 0.15) is 28.5 Å². The van der Waals surface area contributed by atoms with Crippen LogP contribution < -0.4 is 5.73 Å². The van der Waals surface area contributed by atoms with Gasteiger partial charge in [0.25, 0.3) is 0 Å². The first-order chi connectivity index (χ1) is 13.5. The van der Waals surface area contributed by atoms with Crippen molar-refractivity contribution in [1.29, 1.82) is 0 Å². The Labute approximate surface area is 164 Å². The Morgan fingerprint density at radius 2 is 1.86 bits per heavy atom. The standard InChI is InChI=1S/C24H24N2O2/c1-4-28-24(27)23-20-11-9-17(13-21(20)26(3)22(23)14-25)18-7-5-6-16-12-15(2)8-10-19(16)18/h5-13H,4,14,25H2,1-3H3. The van der Waals surface area contributed by atoms with Gasteiger partial charge in [0.2, 0.25) is 0 Å². The third kappa shape index (κ3) is 2.86. The molecule has 0 unspecified atom stereocenters. The highest BCUT2D eigenvalue weighted by Crippen LogP contribution is 2.34. The molecule has 0 fully saturated rings. The summed E-state index contributed by atoms with van der Waals surface area (Å²) in [6.07, 6.45) is 0.